The van der Waals surface area contributed by atoms with Crippen LogP contribution in [-0.2, 0) is 98.2 Å². The molecule has 648 valence electrons. The summed E-state index contributed by atoms with van der Waals surface area (Å²) in [6.45, 7) is 40.5. The molecule has 0 saturated carbocycles. The van der Waals surface area contributed by atoms with Crippen molar-refractivity contribution in [2.45, 2.75) is 211 Å². The summed E-state index contributed by atoms with van der Waals surface area (Å²) < 4.78 is 100. The van der Waals surface area contributed by atoms with E-state index < -0.39 is 52.3 Å². The maximum Gasteiger partial charge on any atom is 0.293 e. The molecule has 0 bridgehead atoms. The lowest BCUT2D eigenvalue weighted by molar-refractivity contribution is 0.277. The van der Waals surface area contributed by atoms with E-state index in [2.05, 4.69) is 157 Å². The standard InChI is InChI=1S/C30H41BrN4O4SSi.C24H27BrN4O4S.C22H36N4O2Si.C8H7Br2ClO2S.ClH/c1-29(2,3)33-27-28(36)34(7)18-24(32-27)22-11-10-12-25(23(22)19-39-41(8,9)30(4,5)6)35-16-15-20-17-21(31)13-14-26(20)40(35,37)38;1-24(2,3)27-22-23(31)28(4)13-19(26-22)17-6-5-7-20(18(17)14-30)29-11-10-15-12-16(25)8-9-21(15)34(29,32)33;1-21(2,3)25-19-20(27)26(7)13-18(24-19)15-11-10-12-17(23)16(15)14-28-29(8,9)22(4,5)6;9-4-3-6-5-7(10)1-2-8(6)14(11,12)13;/h10-14,17-18H,15-16,19H2,1-9H3,(H,32,33);5-9,12-13,30H,10-11,14H2,1-4H3,(H,26,27);10-13H,14,23H2,1-9H3,(H,24,25);1-2,5H,3-4H2;1H. The number of alkyl halides is 1. The molecule has 119 heavy (non-hydrogen) atoms. The van der Waals surface area contributed by atoms with Crippen LogP contribution in [0.1, 0.15) is 137 Å². The van der Waals surface area contributed by atoms with Gasteiger partial charge >= 0.3 is 0 Å². The summed E-state index contributed by atoms with van der Waals surface area (Å²) in [5.74, 6) is 0.757. The lowest BCUT2D eigenvalue weighted by Crippen LogP contribution is -2.41. The third kappa shape index (κ3) is 24.7. The molecule has 0 saturated heterocycles. The highest BCUT2D eigenvalue weighted by Crippen LogP contribution is 2.44. The zero-order valence-electron chi connectivity index (χ0n) is 71.6. The summed E-state index contributed by atoms with van der Waals surface area (Å²) in [7, 11) is -5.07. The van der Waals surface area contributed by atoms with Crippen LogP contribution in [0.5, 0.6) is 0 Å². The van der Waals surface area contributed by atoms with Crippen molar-refractivity contribution in [3.8, 4) is 33.8 Å². The Morgan fingerprint density at radius 3 is 1.21 bits per heavy atom. The molecule has 0 unspecified atom stereocenters. The highest BCUT2D eigenvalue weighted by atomic mass is 79.9. The Balaban J connectivity index is 0.000000229. The number of hydrogen-bond donors (Lipinski definition) is 5. The van der Waals surface area contributed by atoms with Crippen molar-refractivity contribution in [3.05, 3.63) is 206 Å². The number of hydrogen-bond acceptors (Lipinski definition) is 19. The van der Waals surface area contributed by atoms with Gasteiger partial charge in [0.25, 0.3) is 45.8 Å². The van der Waals surface area contributed by atoms with Crippen LogP contribution >= 0.6 is 86.8 Å². The number of nitrogen functional groups attached to an aromatic ring is 1. The molecule has 0 fully saturated rings. The van der Waals surface area contributed by atoms with Gasteiger partial charge in [0, 0.05) is 138 Å². The summed E-state index contributed by atoms with van der Waals surface area (Å²) in [4.78, 5) is 52.8. The summed E-state index contributed by atoms with van der Waals surface area (Å²) >= 11 is 13.4. The Bertz CT molecular complexity index is 5790. The number of rotatable bonds is 18. The maximum absolute atomic E-state index is 14.0. The van der Waals surface area contributed by atoms with Gasteiger partial charge in [-0.1, -0.05) is 142 Å². The third-order valence-electron chi connectivity index (χ3n) is 20.5. The first-order chi connectivity index (χ1) is 54.3. The van der Waals surface area contributed by atoms with Crippen molar-refractivity contribution < 1.29 is 39.2 Å². The average Bonchev–Trinajstić information content (AvgIpc) is 0.747. The maximum atomic E-state index is 14.0. The molecule has 6 aromatic carbocycles. The fraction of sp³-hybridized carbons (Fsp3) is 0.429. The minimum atomic E-state index is -3.82. The van der Waals surface area contributed by atoms with Crippen molar-refractivity contribution in [2.24, 2.45) is 21.1 Å². The molecule has 3 aromatic heterocycles. The van der Waals surface area contributed by atoms with Gasteiger partial charge in [-0.2, -0.15) is 0 Å². The van der Waals surface area contributed by atoms with Gasteiger partial charge in [-0.3, -0.25) is 23.0 Å². The Labute approximate surface area is 748 Å². The van der Waals surface area contributed by atoms with Crippen molar-refractivity contribution in [1.29, 1.82) is 0 Å². The Morgan fingerprint density at radius 1 is 0.521 bits per heavy atom. The normalized spacial score (nSPS) is 14.2. The second kappa shape index (κ2) is 38.7. The minimum Gasteiger partial charge on any atom is -0.412 e. The smallest absolute Gasteiger partial charge is 0.293 e. The van der Waals surface area contributed by atoms with Crippen LogP contribution in [0.15, 0.2) is 170 Å². The van der Waals surface area contributed by atoms with Gasteiger partial charge in [0.1, 0.15) is 0 Å². The Kier molecular flexibility index (Phi) is 32.3. The molecule has 0 aliphatic carbocycles. The summed E-state index contributed by atoms with van der Waals surface area (Å²) in [5, 5.41) is 20.7. The van der Waals surface area contributed by atoms with Gasteiger partial charge in [0.05, 0.1) is 63.0 Å². The summed E-state index contributed by atoms with van der Waals surface area (Å²) in [5.41, 5.74) is 14.5. The Hall–Kier alpha value is -6.58. The molecule has 2 aliphatic rings. The van der Waals surface area contributed by atoms with E-state index in [-0.39, 0.29) is 90.4 Å². The summed E-state index contributed by atoms with van der Waals surface area (Å²) in [6, 6.07) is 31.9. The number of aromatic nitrogens is 6. The first-order valence-corrected chi connectivity index (χ1v) is 52.8. The predicted octanol–water partition coefficient (Wildman–Crippen LogP) is 18.9. The number of sulfonamides is 2. The molecule has 35 heteroatoms. The molecule has 6 N–H and O–H groups in total. The largest absolute Gasteiger partial charge is 0.412 e. The molecule has 0 atom stereocenters. The van der Waals surface area contributed by atoms with Gasteiger partial charge < -0.3 is 49.3 Å². The number of halogens is 6. The number of aryl methyl sites for hydroxylation is 4. The highest BCUT2D eigenvalue weighted by molar-refractivity contribution is 9.11. The molecule has 2 aliphatic heterocycles. The molecule has 11 rings (SSSR count). The van der Waals surface area contributed by atoms with Crippen LogP contribution in [0.4, 0.5) is 34.5 Å². The fourth-order valence-corrected chi connectivity index (χ4v) is 20.5. The van der Waals surface area contributed by atoms with Crippen LogP contribution in [0.3, 0.4) is 0 Å². The minimum absolute atomic E-state index is 0. The van der Waals surface area contributed by atoms with Crippen molar-refractivity contribution in [2.75, 3.05) is 48.7 Å². The van der Waals surface area contributed by atoms with Crippen LogP contribution < -0.4 is 47.0 Å². The van der Waals surface area contributed by atoms with Crippen molar-refractivity contribution in [1.82, 2.24) is 28.7 Å². The third-order valence-corrected chi connectivity index (χ3v) is 36.6. The van der Waals surface area contributed by atoms with Gasteiger partial charge in [0.15, 0.2) is 34.1 Å². The van der Waals surface area contributed by atoms with E-state index in [1.54, 1.807) is 98.9 Å². The summed E-state index contributed by atoms with van der Waals surface area (Å²) in [6.07, 6.45) is 6.79. The van der Waals surface area contributed by atoms with E-state index in [1.165, 1.54) is 23.8 Å². The van der Waals surface area contributed by atoms with Gasteiger partial charge in [-0.15, -0.1) is 12.4 Å². The van der Waals surface area contributed by atoms with Crippen LogP contribution in [0, 0.1) is 0 Å². The van der Waals surface area contributed by atoms with Crippen molar-refractivity contribution >= 4 is 167 Å². The molecule has 5 heterocycles. The number of nitrogens with two attached hydrogens (primary N) is 1. The van der Waals surface area contributed by atoms with Gasteiger partial charge in [0.2, 0.25) is 0 Å². The number of nitrogens with zero attached hydrogens (tertiary/aromatic N) is 8. The molecule has 24 nitrogen and oxygen atoms in total. The van der Waals surface area contributed by atoms with E-state index in [0.717, 1.165) is 46.8 Å². The average molecular weight is 2020 g/mol. The number of aliphatic hydroxyl groups is 1. The monoisotopic (exact) mass is 2020 g/mol. The van der Waals surface area contributed by atoms with E-state index in [9.17, 15) is 44.7 Å². The predicted molar refractivity (Wildman–Crippen MR) is 506 cm³/mol. The zero-order chi connectivity index (χ0) is 88.3. The fourth-order valence-electron chi connectivity index (χ4n) is 12.4. The quantitative estimate of drug-likeness (QED) is 0.0231. The lowest BCUT2D eigenvalue weighted by Gasteiger charge is -2.37. The lowest BCUT2D eigenvalue weighted by atomic mass is 10.0. The number of benzene rings is 6. The van der Waals surface area contributed by atoms with E-state index in [4.69, 9.17) is 30.3 Å². The van der Waals surface area contributed by atoms with Crippen LogP contribution in [0.2, 0.25) is 36.3 Å². The zero-order valence-corrected chi connectivity index (χ0v) is 84.0. The SMILES string of the molecule is Cl.Cn1cc(-c2cccc(N)c2CO[Si](C)(C)C(C)(C)C)nc(NC(C)(C)C)c1=O.Cn1cc(-c2cccc(N3CCc4cc(Br)ccc4S3(=O)=O)c2CO)nc(NC(C)(C)C)c1=O.Cn1cc(-c2cccc(N3CCc4cc(Br)ccc4S3(=O)=O)c2CO[Si](C)(C)C(C)(C)C)nc(NC(C)(C)C)c1=O.O=S(=O)(Cl)c1ccc(Br)cc1CCBr. The van der Waals surface area contributed by atoms with E-state index in [1.807, 2.05) is 111 Å². The molecular weight excluding hydrogens is 1910 g/mol. The molecular formula is C84H112Br4Cl2N12O12S3Si2. The first-order valence-electron chi connectivity index (χ1n) is 38.3. The molecule has 0 spiro atoms. The van der Waals surface area contributed by atoms with Gasteiger partial charge in [-0.05, 0) is 207 Å². The highest BCUT2D eigenvalue weighted by Gasteiger charge is 2.41. The Morgan fingerprint density at radius 2 is 0.857 bits per heavy atom. The van der Waals surface area contributed by atoms with Crippen molar-refractivity contribution in [3.63, 3.8) is 0 Å². The number of anilines is 6. The number of nitrogens with one attached hydrogen (secondary N) is 3. The van der Waals surface area contributed by atoms with Gasteiger partial charge in [-0.25, -0.2) is 40.2 Å². The molecule has 0 radical (unpaired) electrons. The van der Waals surface area contributed by atoms with Crippen LogP contribution in [-0.4, -0.2) is 111 Å². The topological polar surface area (TPSA) is 314 Å². The molecule has 9 aromatic rings. The first kappa shape index (κ1) is 99.5. The second-order valence-electron chi connectivity index (χ2n) is 35.3. The van der Waals surface area contributed by atoms with Crippen LogP contribution in [0.25, 0.3) is 33.8 Å². The molecule has 0 amide bonds. The second-order valence-corrected chi connectivity index (χ2v) is 54.7. The number of aliphatic hydroxyl groups excluding tert-OH is 1. The van der Waals surface area contributed by atoms with E-state index >= 15 is 0 Å². The van der Waals surface area contributed by atoms with E-state index in [0.29, 0.717) is 99.3 Å². The number of fused-ring (bicyclic) bond motifs is 2.